The summed E-state index contributed by atoms with van der Waals surface area (Å²) in [5.74, 6) is 6.59. The lowest BCUT2D eigenvalue weighted by molar-refractivity contribution is -0.120. The first kappa shape index (κ1) is 18.7. The number of amides is 1. The van der Waals surface area contributed by atoms with Gasteiger partial charge in [-0.2, -0.15) is 0 Å². The number of carbonyl (C=O) groups is 1. The van der Waals surface area contributed by atoms with E-state index in [9.17, 15) is 9.18 Å². The van der Waals surface area contributed by atoms with Crippen LogP contribution in [0, 0.1) is 11.7 Å². The highest BCUT2D eigenvalue weighted by Crippen LogP contribution is 2.26. The van der Waals surface area contributed by atoms with Gasteiger partial charge in [-0.3, -0.25) is 4.79 Å². The molecule has 1 aliphatic carbocycles. The van der Waals surface area contributed by atoms with Gasteiger partial charge in [-0.15, -0.1) is 10.2 Å². The molecule has 0 aliphatic heterocycles. The predicted molar refractivity (Wildman–Crippen MR) is 100 cm³/mol. The highest BCUT2D eigenvalue weighted by molar-refractivity contribution is 8.00. The molecular weight excluding hydrogens is 353 g/mol. The lowest BCUT2D eigenvalue weighted by Crippen LogP contribution is -2.35. The molecule has 0 radical (unpaired) electrons. The molecule has 1 heterocycles. The van der Waals surface area contributed by atoms with Gasteiger partial charge in [-0.1, -0.05) is 43.2 Å². The van der Waals surface area contributed by atoms with Crippen LogP contribution in [0.2, 0.25) is 0 Å². The molecule has 2 aromatic rings. The smallest absolute Gasteiger partial charge is 0.233 e. The van der Waals surface area contributed by atoms with Crippen LogP contribution in [0.15, 0.2) is 29.4 Å². The predicted octanol–water partition coefficient (Wildman–Crippen LogP) is 2.98. The van der Waals surface area contributed by atoms with E-state index in [0.29, 0.717) is 22.5 Å². The highest BCUT2D eigenvalue weighted by atomic mass is 32.2. The standard InChI is InChI=1S/C18H24FN5OS/c1-12(17(25)21-11-13-6-3-2-4-7-13)26-18-23-22-16(24(18)20)14-8-5-9-15(19)10-14/h5,8-10,12-13H,2-4,6-7,11,20H2,1H3,(H,21,25)/t12-/m0/s1. The summed E-state index contributed by atoms with van der Waals surface area (Å²) in [4.78, 5) is 12.3. The molecule has 3 N–H and O–H groups in total. The van der Waals surface area contributed by atoms with Gasteiger partial charge in [0.25, 0.3) is 0 Å². The zero-order valence-electron chi connectivity index (χ0n) is 14.8. The van der Waals surface area contributed by atoms with Crippen molar-refractivity contribution < 1.29 is 9.18 Å². The minimum atomic E-state index is -0.366. The topological polar surface area (TPSA) is 85.8 Å². The van der Waals surface area contributed by atoms with E-state index < -0.39 is 0 Å². The molecule has 1 aromatic carbocycles. The van der Waals surface area contributed by atoms with Crippen LogP contribution in [0.25, 0.3) is 11.4 Å². The molecule has 6 nitrogen and oxygen atoms in total. The number of thioether (sulfide) groups is 1. The third-order valence-corrected chi connectivity index (χ3v) is 5.75. The van der Waals surface area contributed by atoms with E-state index in [2.05, 4.69) is 15.5 Å². The lowest BCUT2D eigenvalue weighted by atomic mass is 9.89. The van der Waals surface area contributed by atoms with Crippen molar-refractivity contribution in [3.63, 3.8) is 0 Å². The molecule has 0 saturated heterocycles. The van der Waals surface area contributed by atoms with E-state index in [1.165, 1.54) is 60.7 Å². The second kappa shape index (κ2) is 8.53. The monoisotopic (exact) mass is 377 g/mol. The zero-order chi connectivity index (χ0) is 18.5. The molecule has 0 unspecified atom stereocenters. The van der Waals surface area contributed by atoms with Crippen LogP contribution in [0.4, 0.5) is 4.39 Å². The number of nitrogens with two attached hydrogens (primary N) is 1. The molecule has 0 spiro atoms. The molecule has 0 bridgehead atoms. The van der Waals surface area contributed by atoms with Gasteiger partial charge < -0.3 is 11.2 Å². The van der Waals surface area contributed by atoms with Crippen LogP contribution in [-0.4, -0.2) is 32.6 Å². The molecule has 140 valence electrons. The van der Waals surface area contributed by atoms with Crippen molar-refractivity contribution in [3.05, 3.63) is 30.1 Å². The Hall–Kier alpha value is -2.09. The first-order valence-corrected chi connectivity index (χ1v) is 9.83. The highest BCUT2D eigenvalue weighted by Gasteiger charge is 2.21. The Balaban J connectivity index is 1.58. The molecule has 1 atom stereocenters. The first-order valence-electron chi connectivity index (χ1n) is 8.95. The van der Waals surface area contributed by atoms with Crippen LogP contribution in [0.1, 0.15) is 39.0 Å². The number of carbonyl (C=O) groups excluding carboxylic acids is 1. The Morgan fingerprint density at radius 2 is 2.15 bits per heavy atom. The molecule has 1 aromatic heterocycles. The summed E-state index contributed by atoms with van der Waals surface area (Å²) in [6.45, 7) is 2.55. The van der Waals surface area contributed by atoms with Gasteiger partial charge in [-0.25, -0.2) is 9.07 Å². The Kier molecular flexibility index (Phi) is 6.13. The second-order valence-electron chi connectivity index (χ2n) is 6.70. The third-order valence-electron chi connectivity index (χ3n) is 4.69. The molecule has 8 heteroatoms. The number of rotatable bonds is 6. The minimum Gasteiger partial charge on any atom is -0.355 e. The van der Waals surface area contributed by atoms with Gasteiger partial charge in [0.15, 0.2) is 5.82 Å². The van der Waals surface area contributed by atoms with Crippen LogP contribution in [0.3, 0.4) is 0 Å². The SMILES string of the molecule is C[C@H](Sc1nnc(-c2cccc(F)c2)n1N)C(=O)NCC1CCCCC1. The lowest BCUT2D eigenvalue weighted by Gasteiger charge is -2.22. The quantitative estimate of drug-likeness (QED) is 0.597. The van der Waals surface area contributed by atoms with E-state index >= 15 is 0 Å². The number of nitrogen functional groups attached to an aromatic ring is 1. The van der Waals surface area contributed by atoms with E-state index in [-0.39, 0.29) is 17.0 Å². The summed E-state index contributed by atoms with van der Waals surface area (Å²) < 4.78 is 14.7. The molecule has 1 fully saturated rings. The maximum atomic E-state index is 13.4. The maximum absolute atomic E-state index is 13.4. The molecule has 1 aliphatic rings. The molecule has 1 amide bonds. The number of nitrogens with one attached hydrogen (secondary N) is 1. The average molecular weight is 377 g/mol. The summed E-state index contributed by atoms with van der Waals surface area (Å²) in [6.07, 6.45) is 6.19. The molecular formula is C18H24FN5OS. The fourth-order valence-electron chi connectivity index (χ4n) is 3.17. The van der Waals surface area contributed by atoms with E-state index in [0.717, 1.165) is 6.54 Å². The van der Waals surface area contributed by atoms with Gasteiger partial charge in [0.1, 0.15) is 5.82 Å². The van der Waals surface area contributed by atoms with Gasteiger partial charge in [0, 0.05) is 12.1 Å². The van der Waals surface area contributed by atoms with Crippen molar-refractivity contribution in [1.29, 1.82) is 0 Å². The molecule has 26 heavy (non-hydrogen) atoms. The Bertz CT molecular complexity index is 760. The van der Waals surface area contributed by atoms with Crippen molar-refractivity contribution >= 4 is 17.7 Å². The van der Waals surface area contributed by atoms with Crippen LogP contribution >= 0.6 is 11.8 Å². The number of hydrogen-bond donors (Lipinski definition) is 2. The third kappa shape index (κ3) is 4.55. The van der Waals surface area contributed by atoms with Crippen molar-refractivity contribution in [2.24, 2.45) is 5.92 Å². The summed E-state index contributed by atoms with van der Waals surface area (Å²) in [6, 6.07) is 6.01. The largest absolute Gasteiger partial charge is 0.355 e. The number of nitrogens with zero attached hydrogens (tertiary/aromatic N) is 3. The minimum absolute atomic E-state index is 0.0316. The van der Waals surface area contributed by atoms with Crippen molar-refractivity contribution in [2.45, 2.75) is 49.4 Å². The van der Waals surface area contributed by atoms with Crippen LogP contribution in [-0.2, 0) is 4.79 Å². The summed E-state index contributed by atoms with van der Waals surface area (Å²) in [7, 11) is 0. The Morgan fingerprint density at radius 1 is 1.38 bits per heavy atom. The van der Waals surface area contributed by atoms with E-state index in [1.54, 1.807) is 12.1 Å². The van der Waals surface area contributed by atoms with Gasteiger partial charge in [0.05, 0.1) is 5.25 Å². The number of benzene rings is 1. The Labute approximate surface area is 156 Å². The van der Waals surface area contributed by atoms with Crippen molar-refractivity contribution in [2.75, 3.05) is 12.4 Å². The second-order valence-corrected chi connectivity index (χ2v) is 8.00. The van der Waals surface area contributed by atoms with E-state index in [4.69, 9.17) is 5.84 Å². The Morgan fingerprint density at radius 3 is 2.88 bits per heavy atom. The van der Waals surface area contributed by atoms with Gasteiger partial charge in [0.2, 0.25) is 11.1 Å². The van der Waals surface area contributed by atoms with Crippen LogP contribution < -0.4 is 11.2 Å². The fraction of sp³-hybridized carbons (Fsp3) is 0.500. The van der Waals surface area contributed by atoms with Gasteiger partial charge >= 0.3 is 0 Å². The summed E-state index contributed by atoms with van der Waals surface area (Å²) >= 11 is 1.24. The summed E-state index contributed by atoms with van der Waals surface area (Å²) in [5.41, 5.74) is 0.543. The maximum Gasteiger partial charge on any atom is 0.233 e. The van der Waals surface area contributed by atoms with Gasteiger partial charge in [-0.05, 0) is 37.8 Å². The number of aromatic nitrogens is 3. The number of halogens is 1. The normalized spacial score (nSPS) is 16.4. The average Bonchev–Trinajstić information content (AvgIpc) is 3.01. The van der Waals surface area contributed by atoms with Crippen molar-refractivity contribution in [1.82, 2.24) is 20.2 Å². The summed E-state index contributed by atoms with van der Waals surface area (Å²) in [5, 5.41) is 11.2. The molecule has 3 rings (SSSR count). The zero-order valence-corrected chi connectivity index (χ0v) is 15.6. The van der Waals surface area contributed by atoms with Crippen LogP contribution in [0.5, 0.6) is 0 Å². The van der Waals surface area contributed by atoms with E-state index in [1.807, 2.05) is 6.92 Å². The number of hydrogen-bond acceptors (Lipinski definition) is 5. The fourth-order valence-corrected chi connectivity index (χ4v) is 3.97. The van der Waals surface area contributed by atoms with Crippen molar-refractivity contribution in [3.8, 4) is 11.4 Å². The first-order chi connectivity index (χ1) is 12.5. The molecule has 1 saturated carbocycles.